The SMILES string of the molecule is Cc1cc(-c2ccc(C(N)=O)c(NC(C)(C)C)c2)c2cccc(-n3cnc(-c4cccnc4)c3)c2n1. The number of nitrogens with two attached hydrogens (primary N) is 1. The van der Waals surface area contributed by atoms with E-state index in [-0.39, 0.29) is 5.54 Å². The van der Waals surface area contributed by atoms with Crippen molar-refractivity contribution in [3.05, 3.63) is 90.8 Å². The van der Waals surface area contributed by atoms with Crippen LogP contribution in [-0.2, 0) is 0 Å². The summed E-state index contributed by atoms with van der Waals surface area (Å²) in [7, 11) is 0. The van der Waals surface area contributed by atoms with Crippen molar-refractivity contribution in [3.8, 4) is 28.1 Å². The van der Waals surface area contributed by atoms with Gasteiger partial charge in [-0.05, 0) is 75.2 Å². The zero-order chi connectivity index (χ0) is 25.4. The first-order valence-electron chi connectivity index (χ1n) is 11.8. The lowest BCUT2D eigenvalue weighted by Gasteiger charge is -2.24. The maximum Gasteiger partial charge on any atom is 0.250 e. The summed E-state index contributed by atoms with van der Waals surface area (Å²) in [6, 6.07) is 17.8. The third-order valence-electron chi connectivity index (χ3n) is 5.87. The Morgan fingerprint density at radius 1 is 1.03 bits per heavy atom. The van der Waals surface area contributed by atoms with Gasteiger partial charge in [0.25, 0.3) is 5.91 Å². The predicted molar refractivity (Wildman–Crippen MR) is 144 cm³/mol. The number of carbonyl (C=O) groups is 1. The fourth-order valence-corrected chi connectivity index (χ4v) is 4.36. The Kier molecular flexibility index (Phi) is 5.76. The van der Waals surface area contributed by atoms with E-state index in [2.05, 4.69) is 27.4 Å². The van der Waals surface area contributed by atoms with Gasteiger partial charge in [-0.3, -0.25) is 14.8 Å². The van der Waals surface area contributed by atoms with Gasteiger partial charge in [0.05, 0.1) is 28.8 Å². The lowest BCUT2D eigenvalue weighted by atomic mass is 9.96. The number of hydrogen-bond acceptors (Lipinski definition) is 5. The van der Waals surface area contributed by atoms with Crippen LogP contribution < -0.4 is 11.1 Å². The zero-order valence-corrected chi connectivity index (χ0v) is 20.8. The normalized spacial score (nSPS) is 11.6. The number of primary amides is 1. The number of nitrogens with one attached hydrogen (secondary N) is 1. The number of benzene rings is 2. The molecule has 0 unspecified atom stereocenters. The van der Waals surface area contributed by atoms with Gasteiger partial charge in [0.1, 0.15) is 0 Å². The van der Waals surface area contributed by atoms with Crippen molar-refractivity contribution in [2.75, 3.05) is 5.32 Å². The molecule has 0 aliphatic rings. The number of aromatic nitrogens is 4. The summed E-state index contributed by atoms with van der Waals surface area (Å²) in [4.78, 5) is 25.8. The fourth-order valence-electron chi connectivity index (χ4n) is 4.36. The molecule has 0 saturated carbocycles. The molecule has 0 bridgehead atoms. The highest BCUT2D eigenvalue weighted by molar-refractivity contribution is 6.02. The van der Waals surface area contributed by atoms with Gasteiger partial charge in [0.15, 0.2) is 0 Å². The minimum absolute atomic E-state index is 0.236. The van der Waals surface area contributed by atoms with Gasteiger partial charge in [0.2, 0.25) is 0 Å². The van der Waals surface area contributed by atoms with E-state index in [0.717, 1.165) is 44.7 Å². The van der Waals surface area contributed by atoms with Crippen LogP contribution in [-0.4, -0.2) is 31.0 Å². The van der Waals surface area contributed by atoms with Crippen LogP contribution in [0.4, 0.5) is 5.69 Å². The Hall–Kier alpha value is -4.52. The summed E-state index contributed by atoms with van der Waals surface area (Å²) in [5.41, 5.74) is 13.1. The number of hydrogen-bond donors (Lipinski definition) is 2. The number of carbonyl (C=O) groups excluding carboxylic acids is 1. The number of fused-ring (bicyclic) bond motifs is 1. The molecule has 7 nitrogen and oxygen atoms in total. The second-order valence-corrected chi connectivity index (χ2v) is 9.89. The van der Waals surface area contributed by atoms with E-state index in [1.165, 1.54) is 0 Å². The molecule has 0 aliphatic heterocycles. The molecule has 0 saturated heterocycles. The van der Waals surface area contributed by atoms with E-state index in [9.17, 15) is 4.79 Å². The molecule has 3 N–H and O–H groups in total. The number of aryl methyl sites for hydroxylation is 1. The molecule has 3 heterocycles. The Balaban J connectivity index is 1.66. The van der Waals surface area contributed by atoms with E-state index in [1.54, 1.807) is 24.8 Å². The Labute approximate surface area is 210 Å². The number of para-hydroxylation sites is 1. The molecule has 1 amide bonds. The molecule has 36 heavy (non-hydrogen) atoms. The second kappa shape index (κ2) is 8.92. The first-order valence-corrected chi connectivity index (χ1v) is 11.8. The molecule has 2 aromatic carbocycles. The average molecular weight is 477 g/mol. The van der Waals surface area contributed by atoms with Crippen LogP contribution in [0.5, 0.6) is 0 Å². The monoisotopic (exact) mass is 476 g/mol. The number of pyridine rings is 2. The first-order chi connectivity index (χ1) is 17.2. The smallest absolute Gasteiger partial charge is 0.250 e. The van der Waals surface area contributed by atoms with Crippen molar-refractivity contribution in [2.24, 2.45) is 5.73 Å². The molecule has 0 fully saturated rings. The standard InChI is InChI=1S/C29H28N6O/c1-18-13-23(19-10-11-22(28(30)36)24(14-19)34-29(2,3)4)21-8-5-9-26(27(21)33-18)35-16-25(32-17-35)20-7-6-12-31-15-20/h5-17,34H,1-4H3,(H2,30,36). The average Bonchev–Trinajstić information content (AvgIpc) is 3.32. The summed E-state index contributed by atoms with van der Waals surface area (Å²) in [5, 5.41) is 4.43. The van der Waals surface area contributed by atoms with Crippen molar-refractivity contribution >= 4 is 22.5 Å². The van der Waals surface area contributed by atoms with Crippen molar-refractivity contribution < 1.29 is 4.79 Å². The predicted octanol–water partition coefficient (Wildman–Crippen LogP) is 5.77. The van der Waals surface area contributed by atoms with Gasteiger partial charge in [0, 0.05) is 46.5 Å². The molecule has 3 aromatic heterocycles. The summed E-state index contributed by atoms with van der Waals surface area (Å²) in [6.45, 7) is 8.13. The van der Waals surface area contributed by atoms with Gasteiger partial charge in [-0.1, -0.05) is 18.2 Å². The molecule has 7 heteroatoms. The van der Waals surface area contributed by atoms with Crippen molar-refractivity contribution in [1.82, 2.24) is 19.5 Å². The number of rotatable bonds is 5. The summed E-state index contributed by atoms with van der Waals surface area (Å²) >= 11 is 0. The van der Waals surface area contributed by atoms with E-state index in [1.807, 2.05) is 74.9 Å². The zero-order valence-electron chi connectivity index (χ0n) is 20.8. The first kappa shape index (κ1) is 23.2. The Morgan fingerprint density at radius 3 is 2.58 bits per heavy atom. The van der Waals surface area contributed by atoms with Crippen molar-refractivity contribution in [1.29, 1.82) is 0 Å². The third kappa shape index (κ3) is 4.55. The quantitative estimate of drug-likeness (QED) is 0.336. The Morgan fingerprint density at radius 2 is 1.86 bits per heavy atom. The highest BCUT2D eigenvalue weighted by Gasteiger charge is 2.18. The van der Waals surface area contributed by atoms with Crippen LogP contribution >= 0.6 is 0 Å². The van der Waals surface area contributed by atoms with Crippen LogP contribution in [0.3, 0.4) is 0 Å². The molecule has 0 spiro atoms. The number of anilines is 1. The molecule has 0 atom stereocenters. The molecule has 0 radical (unpaired) electrons. The Bertz CT molecular complexity index is 1580. The summed E-state index contributed by atoms with van der Waals surface area (Å²) in [6.07, 6.45) is 7.34. The van der Waals surface area contributed by atoms with E-state index in [0.29, 0.717) is 11.3 Å². The maximum absolute atomic E-state index is 12.1. The van der Waals surface area contributed by atoms with Gasteiger partial charge in [-0.2, -0.15) is 0 Å². The third-order valence-corrected chi connectivity index (χ3v) is 5.87. The highest BCUT2D eigenvalue weighted by atomic mass is 16.1. The van der Waals surface area contributed by atoms with Crippen molar-refractivity contribution in [2.45, 2.75) is 33.2 Å². The molecule has 180 valence electrons. The van der Waals surface area contributed by atoms with Crippen molar-refractivity contribution in [3.63, 3.8) is 0 Å². The number of nitrogens with zero attached hydrogens (tertiary/aromatic N) is 4. The molecular formula is C29H28N6O. The van der Waals surface area contributed by atoms with Crippen LogP contribution in [0.15, 0.2) is 79.5 Å². The minimum atomic E-state index is -0.462. The topological polar surface area (TPSA) is 98.7 Å². The number of amides is 1. The highest BCUT2D eigenvalue weighted by Crippen LogP contribution is 2.34. The van der Waals surface area contributed by atoms with Gasteiger partial charge in [-0.25, -0.2) is 4.98 Å². The van der Waals surface area contributed by atoms with Crippen LogP contribution in [0.1, 0.15) is 36.8 Å². The van der Waals surface area contributed by atoms with Gasteiger partial charge < -0.3 is 15.6 Å². The van der Waals surface area contributed by atoms with Gasteiger partial charge in [-0.15, -0.1) is 0 Å². The molecule has 0 aliphatic carbocycles. The van der Waals surface area contributed by atoms with Crippen LogP contribution in [0.25, 0.3) is 39.0 Å². The minimum Gasteiger partial charge on any atom is -0.380 e. The second-order valence-electron chi connectivity index (χ2n) is 9.89. The molecular weight excluding hydrogens is 448 g/mol. The molecule has 5 rings (SSSR count). The lowest BCUT2D eigenvalue weighted by molar-refractivity contribution is 0.100. The lowest BCUT2D eigenvalue weighted by Crippen LogP contribution is -2.28. The largest absolute Gasteiger partial charge is 0.380 e. The summed E-state index contributed by atoms with van der Waals surface area (Å²) in [5.74, 6) is -0.462. The van der Waals surface area contributed by atoms with E-state index in [4.69, 9.17) is 10.7 Å². The summed E-state index contributed by atoms with van der Waals surface area (Å²) < 4.78 is 1.99. The van der Waals surface area contributed by atoms with E-state index >= 15 is 0 Å². The molecule has 5 aromatic rings. The van der Waals surface area contributed by atoms with Gasteiger partial charge >= 0.3 is 0 Å². The maximum atomic E-state index is 12.1. The van der Waals surface area contributed by atoms with E-state index < -0.39 is 5.91 Å². The number of imidazole rings is 1. The fraction of sp³-hybridized carbons (Fsp3) is 0.172. The van der Waals surface area contributed by atoms with Crippen LogP contribution in [0, 0.1) is 6.92 Å². The van der Waals surface area contributed by atoms with Crippen LogP contribution in [0.2, 0.25) is 0 Å².